The highest BCUT2D eigenvalue weighted by Gasteiger charge is 2.23. The predicted octanol–water partition coefficient (Wildman–Crippen LogP) is 8.64. The van der Waals surface area contributed by atoms with Gasteiger partial charge in [-0.1, -0.05) is 89.5 Å². The minimum atomic E-state index is -4.55. The van der Waals surface area contributed by atoms with Crippen LogP contribution in [0.3, 0.4) is 0 Å². The van der Waals surface area contributed by atoms with Crippen molar-refractivity contribution in [3.63, 3.8) is 0 Å². The van der Waals surface area contributed by atoms with Gasteiger partial charge in [-0.25, -0.2) is 9.59 Å². The summed E-state index contributed by atoms with van der Waals surface area (Å²) in [6.07, 6.45) is 25.5. The number of ether oxygens (including phenoxy) is 2. The maximum absolute atomic E-state index is 12.8. The number of unbranched alkanes of at least 4 members (excludes halogenated alkanes) is 12. The summed E-state index contributed by atoms with van der Waals surface area (Å²) in [6, 6.07) is 3.23. The van der Waals surface area contributed by atoms with Gasteiger partial charge in [-0.15, -0.1) is 0 Å². The van der Waals surface area contributed by atoms with Crippen molar-refractivity contribution in [2.45, 2.75) is 121 Å². The van der Waals surface area contributed by atoms with Crippen LogP contribution in [0.15, 0.2) is 47.4 Å². The summed E-state index contributed by atoms with van der Waals surface area (Å²) in [5, 5.41) is 0. The molecular weight excluding hydrogens is 528 g/mol. The molecule has 0 unspecified atom stereocenters. The highest BCUT2D eigenvalue weighted by atomic mass is 32.2. The summed E-state index contributed by atoms with van der Waals surface area (Å²) < 4.78 is 43.3. The standard InChI is InChI=1S/C32H50O7S/c1-3-5-7-9-11-13-15-17-19-21-25-38-31(33)29-24-23-28(40(35,36)37)27-30(29)32(34)39-26-22-20-18-16-14-12-10-8-6-4-2/h5-8,23-24,27H,3-4,9-22,25-26H2,1-2H3,(H,35,36,37)/b7-5+,8-6+. The van der Waals surface area contributed by atoms with Gasteiger partial charge >= 0.3 is 11.9 Å². The summed E-state index contributed by atoms with van der Waals surface area (Å²) in [5.74, 6) is -1.53. The van der Waals surface area contributed by atoms with Gasteiger partial charge in [0.1, 0.15) is 0 Å². The van der Waals surface area contributed by atoms with Crippen LogP contribution in [0.2, 0.25) is 0 Å². The first-order chi connectivity index (χ1) is 19.3. The quantitative estimate of drug-likeness (QED) is 0.0599. The molecule has 0 bridgehead atoms. The van der Waals surface area contributed by atoms with E-state index in [9.17, 15) is 22.6 Å². The molecule has 0 heterocycles. The van der Waals surface area contributed by atoms with Crippen LogP contribution >= 0.6 is 0 Å². The van der Waals surface area contributed by atoms with Crippen LogP contribution in [-0.4, -0.2) is 38.1 Å². The lowest BCUT2D eigenvalue weighted by Crippen LogP contribution is -2.16. The molecule has 1 N–H and O–H groups in total. The van der Waals surface area contributed by atoms with Gasteiger partial charge in [0, 0.05) is 0 Å². The van der Waals surface area contributed by atoms with Crippen LogP contribution in [0.25, 0.3) is 0 Å². The molecule has 0 saturated heterocycles. The first kappa shape index (κ1) is 35.6. The van der Waals surface area contributed by atoms with Crippen molar-refractivity contribution in [2.24, 2.45) is 0 Å². The maximum Gasteiger partial charge on any atom is 0.339 e. The molecule has 40 heavy (non-hydrogen) atoms. The van der Waals surface area contributed by atoms with Crippen LogP contribution < -0.4 is 0 Å². The Labute approximate surface area is 242 Å². The third-order valence-corrected chi connectivity index (χ3v) is 7.38. The first-order valence-electron chi connectivity index (χ1n) is 15.1. The van der Waals surface area contributed by atoms with Gasteiger partial charge in [0.2, 0.25) is 0 Å². The Balaban J connectivity index is 2.48. The zero-order valence-corrected chi connectivity index (χ0v) is 25.4. The fourth-order valence-electron chi connectivity index (χ4n) is 4.23. The van der Waals surface area contributed by atoms with E-state index in [1.807, 2.05) is 0 Å². The molecule has 0 saturated carbocycles. The monoisotopic (exact) mass is 578 g/mol. The highest BCUT2D eigenvalue weighted by Crippen LogP contribution is 2.19. The molecule has 0 atom stereocenters. The average molecular weight is 579 g/mol. The van der Waals surface area contributed by atoms with E-state index >= 15 is 0 Å². The molecule has 7 nitrogen and oxygen atoms in total. The smallest absolute Gasteiger partial charge is 0.339 e. The summed E-state index contributed by atoms with van der Waals surface area (Å²) in [4.78, 5) is 25.0. The Morgan fingerprint density at radius 3 is 1.52 bits per heavy atom. The highest BCUT2D eigenvalue weighted by molar-refractivity contribution is 7.85. The summed E-state index contributed by atoms with van der Waals surface area (Å²) in [6.45, 7) is 4.63. The van der Waals surface area contributed by atoms with Gasteiger partial charge in [-0.3, -0.25) is 4.55 Å². The van der Waals surface area contributed by atoms with E-state index in [1.54, 1.807) is 0 Å². The Hall–Kier alpha value is -2.45. The fraction of sp³-hybridized carbons (Fsp3) is 0.625. The number of hydrogen-bond donors (Lipinski definition) is 1. The lowest BCUT2D eigenvalue weighted by atomic mass is 10.1. The van der Waals surface area contributed by atoms with Crippen LogP contribution in [0.5, 0.6) is 0 Å². The van der Waals surface area contributed by atoms with E-state index in [4.69, 9.17) is 9.47 Å². The number of rotatable bonds is 23. The van der Waals surface area contributed by atoms with E-state index < -0.39 is 27.0 Å². The van der Waals surface area contributed by atoms with Gasteiger partial charge in [-0.2, -0.15) is 8.42 Å². The van der Waals surface area contributed by atoms with Gasteiger partial charge in [0.05, 0.1) is 29.2 Å². The Morgan fingerprint density at radius 1 is 0.650 bits per heavy atom. The zero-order valence-electron chi connectivity index (χ0n) is 24.6. The molecule has 0 aliphatic heterocycles. The predicted molar refractivity (Wildman–Crippen MR) is 160 cm³/mol. The van der Waals surface area contributed by atoms with Gasteiger partial charge in [0.25, 0.3) is 10.1 Å². The molecule has 0 aliphatic rings. The van der Waals surface area contributed by atoms with E-state index in [0.717, 1.165) is 76.3 Å². The largest absolute Gasteiger partial charge is 0.462 e. The molecule has 0 amide bonds. The molecule has 0 aliphatic carbocycles. The van der Waals surface area contributed by atoms with Crippen molar-refractivity contribution in [3.8, 4) is 0 Å². The SMILES string of the molecule is CC/C=C/CCCCCCCCOC(=O)c1ccc(S(=O)(=O)O)cc1C(=O)OCCCCCCCC/C=C/CC. The second-order valence-corrected chi connectivity index (χ2v) is 11.5. The van der Waals surface area contributed by atoms with Gasteiger partial charge < -0.3 is 9.47 Å². The third-order valence-electron chi connectivity index (χ3n) is 6.53. The van der Waals surface area contributed by atoms with Crippen molar-refractivity contribution in [3.05, 3.63) is 53.6 Å². The van der Waals surface area contributed by atoms with Crippen molar-refractivity contribution in [1.29, 1.82) is 0 Å². The molecular formula is C32H50O7S. The molecule has 0 aromatic heterocycles. The molecule has 0 fully saturated rings. The van der Waals surface area contributed by atoms with E-state index in [0.29, 0.717) is 12.8 Å². The van der Waals surface area contributed by atoms with Crippen LogP contribution in [0.1, 0.15) is 137 Å². The van der Waals surface area contributed by atoms with Crippen LogP contribution in [0, 0.1) is 0 Å². The number of carbonyl (C=O) groups is 2. The second-order valence-electron chi connectivity index (χ2n) is 10.0. The first-order valence-corrected chi connectivity index (χ1v) is 16.5. The lowest BCUT2D eigenvalue weighted by Gasteiger charge is -2.11. The Morgan fingerprint density at radius 2 is 1.07 bits per heavy atom. The van der Waals surface area contributed by atoms with E-state index in [1.165, 1.54) is 31.7 Å². The summed E-state index contributed by atoms with van der Waals surface area (Å²) >= 11 is 0. The van der Waals surface area contributed by atoms with Gasteiger partial charge in [-0.05, 0) is 69.6 Å². The fourth-order valence-corrected chi connectivity index (χ4v) is 4.73. The number of benzene rings is 1. The summed E-state index contributed by atoms with van der Waals surface area (Å²) in [7, 11) is -4.55. The van der Waals surface area contributed by atoms with E-state index in [-0.39, 0.29) is 24.3 Å². The van der Waals surface area contributed by atoms with Crippen LogP contribution in [-0.2, 0) is 19.6 Å². The zero-order chi connectivity index (χ0) is 29.5. The number of hydrogen-bond acceptors (Lipinski definition) is 6. The Kier molecular flexibility index (Phi) is 19.8. The minimum absolute atomic E-state index is 0.0744. The summed E-state index contributed by atoms with van der Waals surface area (Å²) in [5.41, 5.74) is -0.299. The molecule has 226 valence electrons. The molecule has 0 spiro atoms. The average Bonchev–Trinajstić information content (AvgIpc) is 2.93. The number of esters is 2. The molecule has 1 aromatic rings. The molecule has 8 heteroatoms. The molecule has 0 radical (unpaired) electrons. The second kappa shape index (κ2) is 22.3. The third kappa shape index (κ3) is 16.6. The topological polar surface area (TPSA) is 107 Å². The minimum Gasteiger partial charge on any atom is -0.462 e. The molecule has 1 rings (SSSR count). The number of allylic oxidation sites excluding steroid dienone is 4. The number of carbonyl (C=O) groups excluding carboxylic acids is 2. The van der Waals surface area contributed by atoms with Crippen LogP contribution in [0.4, 0.5) is 0 Å². The van der Waals surface area contributed by atoms with Crippen molar-refractivity contribution in [1.82, 2.24) is 0 Å². The van der Waals surface area contributed by atoms with Crippen molar-refractivity contribution in [2.75, 3.05) is 13.2 Å². The van der Waals surface area contributed by atoms with Crippen molar-refractivity contribution < 1.29 is 32.0 Å². The molecule has 1 aromatic carbocycles. The Bertz CT molecular complexity index is 1010. The maximum atomic E-state index is 12.8. The van der Waals surface area contributed by atoms with E-state index in [2.05, 4.69) is 38.2 Å². The lowest BCUT2D eigenvalue weighted by molar-refractivity contribution is 0.0450. The van der Waals surface area contributed by atoms with Gasteiger partial charge in [0.15, 0.2) is 0 Å². The normalized spacial score (nSPS) is 11.9. The van der Waals surface area contributed by atoms with Crippen molar-refractivity contribution >= 4 is 22.1 Å².